The molecule has 0 fully saturated rings. The normalized spacial score (nSPS) is 0. The van der Waals surface area contributed by atoms with Crippen LogP contribution in [0, 0.1) is 0 Å². The Morgan fingerprint density at radius 2 is 0.429 bits per heavy atom. The molecule has 0 radical (unpaired) electrons. The molecule has 0 spiro atoms. The molecule has 0 aromatic heterocycles. The van der Waals surface area contributed by atoms with Crippen molar-refractivity contribution in [2.24, 2.45) is 0 Å². The molecule has 0 saturated heterocycles. The standard InChI is InChI=1S/4ClH.2Na.Pd.2H/h4*1H;;;;;. The minimum absolute atomic E-state index is 0. The number of rotatable bonds is 0. The first-order chi connectivity index (χ1) is 0. The first-order valence-electron chi connectivity index (χ1n) is 0. The molecule has 7 heavy (non-hydrogen) atoms. The third-order valence-corrected chi connectivity index (χ3v) is 0. The predicted molar refractivity (Wildman–Crippen MR) is 43.3 cm³/mol. The maximum atomic E-state index is 0. The quantitative estimate of drug-likeness (QED) is 0.568. The Morgan fingerprint density at radius 3 is 0.429 bits per heavy atom. The fourth-order valence-corrected chi connectivity index (χ4v) is 0. The van der Waals surface area contributed by atoms with E-state index in [9.17, 15) is 0 Å². The summed E-state index contributed by atoms with van der Waals surface area (Å²) in [4.78, 5) is 0. The Hall–Kier alpha value is 3.82. The van der Waals surface area contributed by atoms with E-state index in [-0.39, 0.29) is 129 Å². The summed E-state index contributed by atoms with van der Waals surface area (Å²) in [5.41, 5.74) is 0. The SMILES string of the molecule is Cl.Cl.Cl.Cl.[NaH].[NaH].[Pd]. The third kappa shape index (κ3) is 41.1. The average molecular weight is 300 g/mol. The van der Waals surface area contributed by atoms with Crippen LogP contribution in [0.3, 0.4) is 0 Å². The molecule has 0 N–H and O–H groups in total. The molecule has 0 aliphatic heterocycles. The first-order valence-corrected chi connectivity index (χ1v) is 0. The molecular weight excluding hydrogens is 294 g/mol. The van der Waals surface area contributed by atoms with Crippen LogP contribution in [0.4, 0.5) is 0 Å². The molecule has 0 saturated carbocycles. The van der Waals surface area contributed by atoms with Crippen molar-refractivity contribution in [1.82, 2.24) is 0 Å². The average Bonchev–Trinajstić information content (AvgIpc) is 0. The van der Waals surface area contributed by atoms with Crippen LogP contribution >= 0.6 is 49.6 Å². The van der Waals surface area contributed by atoms with E-state index in [1.165, 1.54) is 0 Å². The second kappa shape index (κ2) is 52.3. The van der Waals surface area contributed by atoms with E-state index in [2.05, 4.69) is 0 Å². The van der Waals surface area contributed by atoms with Gasteiger partial charge >= 0.3 is 59.1 Å². The van der Waals surface area contributed by atoms with E-state index in [4.69, 9.17) is 0 Å². The zero-order chi connectivity index (χ0) is 0. The van der Waals surface area contributed by atoms with Gasteiger partial charge < -0.3 is 0 Å². The van der Waals surface area contributed by atoms with E-state index >= 15 is 0 Å². The van der Waals surface area contributed by atoms with Crippen LogP contribution in [0.15, 0.2) is 0 Å². The molecule has 0 aromatic carbocycles. The molecule has 0 heterocycles. The molecule has 0 rings (SSSR count). The minimum atomic E-state index is 0. The maximum Gasteiger partial charge on any atom is 0 e. The van der Waals surface area contributed by atoms with Crippen LogP contribution < -0.4 is 0 Å². The van der Waals surface area contributed by atoms with E-state index in [1.807, 2.05) is 0 Å². The second-order valence-electron chi connectivity index (χ2n) is 0. The smallest absolute Gasteiger partial charge is 0 e. The van der Waals surface area contributed by atoms with Crippen LogP contribution in [0.1, 0.15) is 0 Å². The molecule has 0 aliphatic rings. The van der Waals surface area contributed by atoms with Gasteiger partial charge in [0.15, 0.2) is 0 Å². The third-order valence-electron chi connectivity index (χ3n) is 0. The first kappa shape index (κ1) is 71.5. The molecule has 0 bridgehead atoms. The van der Waals surface area contributed by atoms with Crippen LogP contribution in [0.5, 0.6) is 0 Å². The number of hydrogen-bond acceptors (Lipinski definition) is 0. The maximum absolute atomic E-state index is 0. The molecule has 46 valence electrons. The van der Waals surface area contributed by atoms with Crippen LogP contribution in [-0.4, -0.2) is 59.1 Å². The number of halogens is 4. The zero-order valence-electron chi connectivity index (χ0n) is 1.95. The van der Waals surface area contributed by atoms with Gasteiger partial charge in [0.1, 0.15) is 0 Å². The molecule has 0 unspecified atom stereocenters. The second-order valence-corrected chi connectivity index (χ2v) is 0. The molecule has 0 aromatic rings. The van der Waals surface area contributed by atoms with Crippen LogP contribution in [0.2, 0.25) is 0 Å². The fourth-order valence-electron chi connectivity index (χ4n) is 0. The van der Waals surface area contributed by atoms with Crippen LogP contribution in [-0.2, 0) is 20.4 Å². The Kier molecular flexibility index (Phi) is 534. The van der Waals surface area contributed by atoms with Crippen molar-refractivity contribution < 1.29 is 20.4 Å². The van der Waals surface area contributed by atoms with Gasteiger partial charge in [-0.15, -0.1) is 49.6 Å². The summed E-state index contributed by atoms with van der Waals surface area (Å²) in [6.45, 7) is 0. The molecule has 0 atom stereocenters. The van der Waals surface area contributed by atoms with Crippen molar-refractivity contribution in [2.45, 2.75) is 0 Å². The van der Waals surface area contributed by atoms with Crippen molar-refractivity contribution in [3.8, 4) is 0 Å². The summed E-state index contributed by atoms with van der Waals surface area (Å²) in [6.07, 6.45) is 0. The largest absolute Gasteiger partial charge is 0 e. The summed E-state index contributed by atoms with van der Waals surface area (Å²) in [7, 11) is 0. The van der Waals surface area contributed by atoms with Gasteiger partial charge in [-0.25, -0.2) is 0 Å². The van der Waals surface area contributed by atoms with Crippen molar-refractivity contribution in [2.75, 3.05) is 0 Å². The predicted octanol–water partition coefficient (Wildman–Crippen LogP) is 0.388. The van der Waals surface area contributed by atoms with Gasteiger partial charge in [-0.05, 0) is 0 Å². The molecule has 7 heteroatoms. The zero-order valence-corrected chi connectivity index (χ0v) is 6.77. The summed E-state index contributed by atoms with van der Waals surface area (Å²) < 4.78 is 0. The summed E-state index contributed by atoms with van der Waals surface area (Å²) in [5, 5.41) is 0. The van der Waals surface area contributed by atoms with Crippen molar-refractivity contribution >= 4 is 109 Å². The van der Waals surface area contributed by atoms with Gasteiger partial charge in [0, 0.05) is 20.4 Å². The van der Waals surface area contributed by atoms with E-state index < -0.39 is 0 Å². The number of hydrogen-bond donors (Lipinski definition) is 0. The monoisotopic (exact) mass is 298 g/mol. The van der Waals surface area contributed by atoms with Crippen molar-refractivity contribution in [3.63, 3.8) is 0 Å². The Labute approximate surface area is 127 Å². The Bertz CT molecular complexity index is 9.65. The molecule has 0 nitrogen and oxygen atoms in total. The topological polar surface area (TPSA) is 0 Å². The van der Waals surface area contributed by atoms with Crippen molar-refractivity contribution in [3.05, 3.63) is 0 Å². The minimum Gasteiger partial charge on any atom is 0 e. The van der Waals surface area contributed by atoms with E-state index in [0.717, 1.165) is 0 Å². The van der Waals surface area contributed by atoms with Gasteiger partial charge in [0.2, 0.25) is 0 Å². The molecule has 0 aliphatic carbocycles. The van der Waals surface area contributed by atoms with Gasteiger partial charge in [-0.2, -0.15) is 0 Å². The van der Waals surface area contributed by atoms with E-state index in [1.54, 1.807) is 0 Å². The molecular formula is H6Cl4Na2Pd. The van der Waals surface area contributed by atoms with Gasteiger partial charge in [-0.3, -0.25) is 0 Å². The van der Waals surface area contributed by atoms with Gasteiger partial charge in [0.25, 0.3) is 0 Å². The van der Waals surface area contributed by atoms with Crippen LogP contribution in [0.25, 0.3) is 0 Å². The summed E-state index contributed by atoms with van der Waals surface area (Å²) >= 11 is 0. The van der Waals surface area contributed by atoms with Gasteiger partial charge in [-0.1, -0.05) is 0 Å². The fraction of sp³-hybridized carbons (Fsp3) is 0. The van der Waals surface area contributed by atoms with Gasteiger partial charge in [0.05, 0.1) is 0 Å². The molecule has 0 amide bonds. The Balaban J connectivity index is 0. The summed E-state index contributed by atoms with van der Waals surface area (Å²) in [5.74, 6) is 0. The Morgan fingerprint density at radius 1 is 0.429 bits per heavy atom. The van der Waals surface area contributed by atoms with E-state index in [0.29, 0.717) is 0 Å². The summed E-state index contributed by atoms with van der Waals surface area (Å²) in [6, 6.07) is 0. The van der Waals surface area contributed by atoms with Crippen molar-refractivity contribution in [1.29, 1.82) is 0 Å².